The largest absolute Gasteiger partial charge is 0.497 e. The minimum atomic E-state index is -0.174. The summed E-state index contributed by atoms with van der Waals surface area (Å²) in [7, 11) is 1.66. The van der Waals surface area contributed by atoms with E-state index >= 15 is 0 Å². The van der Waals surface area contributed by atoms with Crippen molar-refractivity contribution >= 4 is 34.9 Å². The Morgan fingerprint density at radius 3 is 2.43 bits per heavy atom. The fourth-order valence-electron chi connectivity index (χ4n) is 3.91. The van der Waals surface area contributed by atoms with Gasteiger partial charge in [0.15, 0.2) is 11.7 Å². The van der Waals surface area contributed by atoms with Gasteiger partial charge in [0, 0.05) is 11.8 Å². The molecule has 150 valence electrons. The second-order valence-electron chi connectivity index (χ2n) is 7.09. The Morgan fingerprint density at radius 2 is 1.73 bits per heavy atom. The van der Waals surface area contributed by atoms with Crippen LogP contribution in [0.2, 0.25) is 0 Å². The first kappa shape index (κ1) is 19.0. The molecule has 5 nitrogen and oxygen atoms in total. The van der Waals surface area contributed by atoms with Gasteiger partial charge < -0.3 is 9.64 Å². The second-order valence-corrected chi connectivity index (χ2v) is 7.94. The number of aliphatic imine (C=N–C) groups is 1. The molecule has 0 N–H and O–H groups in total. The number of hydrogen-bond acceptors (Lipinski definition) is 4. The maximum Gasteiger partial charge on any atom is 0.164 e. The van der Waals surface area contributed by atoms with E-state index in [0.29, 0.717) is 15.9 Å². The number of aryl methyl sites for hydroxylation is 1. The zero-order chi connectivity index (χ0) is 20.8. The summed E-state index contributed by atoms with van der Waals surface area (Å²) in [6.07, 6.45) is 3.58. The number of benzene rings is 2. The number of rotatable bonds is 3. The molecule has 1 atom stereocenters. The third kappa shape index (κ3) is 3.02. The predicted octanol–water partition coefficient (Wildman–Crippen LogP) is 5.84. The van der Waals surface area contributed by atoms with Crippen LogP contribution in [-0.4, -0.2) is 27.6 Å². The van der Waals surface area contributed by atoms with Crippen molar-refractivity contribution in [1.29, 1.82) is 0 Å². The predicted molar refractivity (Wildman–Crippen MR) is 120 cm³/mol. The van der Waals surface area contributed by atoms with Crippen molar-refractivity contribution in [3.63, 3.8) is 0 Å². The van der Waals surface area contributed by atoms with Gasteiger partial charge in [0.25, 0.3) is 0 Å². The summed E-state index contributed by atoms with van der Waals surface area (Å²) in [5.74, 6) is 2.21. The Bertz CT molecular complexity index is 1210. The second kappa shape index (κ2) is 7.35. The van der Waals surface area contributed by atoms with Gasteiger partial charge >= 0.3 is 0 Å². The zero-order valence-corrected chi connectivity index (χ0v) is 17.9. The molecule has 0 amide bonds. The highest BCUT2D eigenvalue weighted by Gasteiger charge is 2.37. The number of allylic oxidation sites excluding steroid dienone is 2. The molecule has 2 aromatic carbocycles. The topological polar surface area (TPSA) is 42.6 Å². The fraction of sp³-hybridized carbons (Fsp3) is 0.130. The molecule has 3 aromatic rings. The third-order valence-electron chi connectivity index (χ3n) is 5.26. The molecule has 0 radical (unpaired) electrons. The van der Waals surface area contributed by atoms with Crippen molar-refractivity contribution in [1.82, 2.24) is 14.7 Å². The number of nitrogens with zero attached hydrogens (tertiary/aromatic N) is 4. The number of para-hydroxylation sites is 1. The molecule has 0 bridgehead atoms. The van der Waals surface area contributed by atoms with Crippen molar-refractivity contribution in [3.8, 4) is 11.4 Å². The van der Waals surface area contributed by atoms with E-state index in [1.54, 1.807) is 13.2 Å². The molecule has 0 fully saturated rings. The highest BCUT2D eigenvalue weighted by atomic mass is 35.5. The van der Waals surface area contributed by atoms with Crippen molar-refractivity contribution < 1.29 is 4.74 Å². The van der Waals surface area contributed by atoms with Crippen molar-refractivity contribution in [2.75, 3.05) is 7.11 Å². The van der Waals surface area contributed by atoms with Crippen LogP contribution in [0.3, 0.4) is 0 Å². The summed E-state index contributed by atoms with van der Waals surface area (Å²) < 4.78 is 7.21. The molecular weight excluding hydrogens is 419 g/mol. The number of fused-ring (bicyclic) bond motifs is 2. The molecule has 0 saturated carbocycles. The van der Waals surface area contributed by atoms with E-state index in [-0.39, 0.29) is 6.04 Å². The minimum absolute atomic E-state index is 0.174. The summed E-state index contributed by atoms with van der Waals surface area (Å²) in [6, 6.07) is 17.8. The first-order valence-corrected chi connectivity index (χ1v) is 10.2. The molecule has 1 unspecified atom stereocenters. The van der Waals surface area contributed by atoms with Gasteiger partial charge in [0.05, 0.1) is 34.6 Å². The molecular formula is C23H18Cl2N4O. The van der Waals surface area contributed by atoms with Gasteiger partial charge in [-0.15, -0.1) is 0 Å². The van der Waals surface area contributed by atoms with Gasteiger partial charge in [-0.2, -0.15) is 5.10 Å². The van der Waals surface area contributed by atoms with Gasteiger partial charge in [-0.3, -0.25) is 0 Å². The highest BCUT2D eigenvalue weighted by Crippen LogP contribution is 2.45. The molecule has 1 aromatic heterocycles. The average molecular weight is 437 g/mol. The van der Waals surface area contributed by atoms with E-state index in [1.807, 2.05) is 77.3 Å². The molecule has 2 aliphatic rings. The Hall–Kier alpha value is -3.02. The Morgan fingerprint density at radius 1 is 1.00 bits per heavy atom. The lowest BCUT2D eigenvalue weighted by molar-refractivity contribution is 0.413. The number of methoxy groups -OCH3 is 1. The first-order valence-electron chi connectivity index (χ1n) is 9.47. The highest BCUT2D eigenvalue weighted by molar-refractivity contribution is 6.45. The lowest BCUT2D eigenvalue weighted by Crippen LogP contribution is -2.35. The lowest BCUT2D eigenvalue weighted by atomic mass is 9.94. The number of aromatic nitrogens is 2. The molecule has 30 heavy (non-hydrogen) atoms. The molecule has 3 heterocycles. The minimum Gasteiger partial charge on any atom is -0.497 e. The monoisotopic (exact) mass is 436 g/mol. The molecule has 0 spiro atoms. The summed E-state index contributed by atoms with van der Waals surface area (Å²) in [5, 5.41) is 5.86. The van der Waals surface area contributed by atoms with Gasteiger partial charge in [-0.1, -0.05) is 53.5 Å². The fourth-order valence-corrected chi connectivity index (χ4v) is 4.43. The van der Waals surface area contributed by atoms with Crippen LogP contribution in [0.5, 0.6) is 5.75 Å². The molecule has 7 heteroatoms. The Balaban J connectivity index is 1.76. The van der Waals surface area contributed by atoms with E-state index in [9.17, 15) is 0 Å². The summed E-state index contributed by atoms with van der Waals surface area (Å²) in [6.45, 7) is 2.00. The van der Waals surface area contributed by atoms with Crippen molar-refractivity contribution in [3.05, 3.63) is 93.8 Å². The van der Waals surface area contributed by atoms with Gasteiger partial charge in [-0.05, 0) is 42.8 Å². The van der Waals surface area contributed by atoms with Crippen LogP contribution in [-0.2, 0) is 0 Å². The van der Waals surface area contributed by atoms with Gasteiger partial charge in [0.1, 0.15) is 5.75 Å². The average Bonchev–Trinajstić information content (AvgIpc) is 3.09. The summed E-state index contributed by atoms with van der Waals surface area (Å²) in [4.78, 5) is 6.92. The zero-order valence-electron chi connectivity index (χ0n) is 16.4. The molecule has 0 saturated heterocycles. The number of ether oxygens (including phenoxy) is 1. The molecule has 2 aliphatic heterocycles. The van der Waals surface area contributed by atoms with Gasteiger partial charge in [-0.25, -0.2) is 9.67 Å². The van der Waals surface area contributed by atoms with E-state index in [0.717, 1.165) is 34.1 Å². The maximum absolute atomic E-state index is 6.57. The van der Waals surface area contributed by atoms with Crippen LogP contribution in [0.15, 0.2) is 81.9 Å². The molecule has 5 rings (SSSR count). The van der Waals surface area contributed by atoms with E-state index in [1.165, 1.54) is 0 Å². The van der Waals surface area contributed by atoms with Crippen LogP contribution in [0.1, 0.15) is 22.9 Å². The number of amidine groups is 1. The Labute approximate surface area is 184 Å². The molecule has 0 aliphatic carbocycles. The van der Waals surface area contributed by atoms with E-state index in [4.69, 9.17) is 38.0 Å². The van der Waals surface area contributed by atoms with Crippen LogP contribution in [0.25, 0.3) is 5.69 Å². The van der Waals surface area contributed by atoms with Crippen LogP contribution in [0.4, 0.5) is 5.82 Å². The quantitative estimate of drug-likeness (QED) is 0.517. The van der Waals surface area contributed by atoms with E-state index < -0.39 is 0 Å². The Kier molecular flexibility index (Phi) is 4.65. The maximum atomic E-state index is 6.57. The SMILES string of the molecule is COc1ccc(C2c3c(C)nn(-c4ccccc4)c3N=C3C(Cl)=CC(Cl)=CN32)cc1. The summed E-state index contributed by atoms with van der Waals surface area (Å²) >= 11 is 12.9. The number of halogens is 2. The lowest BCUT2D eigenvalue weighted by Gasteiger charge is -2.37. The first-order chi connectivity index (χ1) is 14.6. The van der Waals surface area contributed by atoms with Crippen molar-refractivity contribution in [2.45, 2.75) is 13.0 Å². The smallest absolute Gasteiger partial charge is 0.164 e. The van der Waals surface area contributed by atoms with Gasteiger partial charge in [0.2, 0.25) is 0 Å². The third-order valence-corrected chi connectivity index (χ3v) is 5.75. The van der Waals surface area contributed by atoms with Crippen LogP contribution < -0.4 is 4.74 Å². The summed E-state index contributed by atoms with van der Waals surface area (Å²) in [5.41, 5.74) is 3.91. The van der Waals surface area contributed by atoms with E-state index in [2.05, 4.69) is 0 Å². The van der Waals surface area contributed by atoms with Crippen LogP contribution in [0, 0.1) is 6.92 Å². The van der Waals surface area contributed by atoms with Crippen LogP contribution >= 0.6 is 23.2 Å². The standard InChI is InChI=1S/C23H18Cl2N4O/c1-14-20-21(15-8-10-18(30-2)11-9-15)28-13-16(24)12-19(25)22(28)26-23(20)29(27-14)17-6-4-3-5-7-17/h3-13,21H,1-2H3. The van der Waals surface area contributed by atoms with Crippen molar-refractivity contribution in [2.24, 2.45) is 4.99 Å². The normalized spacial score (nSPS) is 17.5. The number of hydrogen-bond donors (Lipinski definition) is 0.